The van der Waals surface area contributed by atoms with Gasteiger partial charge in [0.1, 0.15) is 5.69 Å². The van der Waals surface area contributed by atoms with E-state index in [-0.39, 0.29) is 23.9 Å². The standard InChI is InChI=1S/C25H23N3O4S/c1-18-8-10-19(11-9-18)33(30,31)28-14-12-27(13-15-28)25(29)21-17-23(24-7-4-16-32-24)26-22-6-3-2-5-20(21)22/h2-11,16-17H,12-15H2,1H3. The van der Waals surface area contributed by atoms with E-state index in [1.807, 2.05) is 31.2 Å². The first-order valence-electron chi connectivity index (χ1n) is 10.7. The summed E-state index contributed by atoms with van der Waals surface area (Å²) in [7, 11) is -3.59. The molecule has 1 aliphatic rings. The van der Waals surface area contributed by atoms with E-state index < -0.39 is 10.0 Å². The van der Waals surface area contributed by atoms with Crippen molar-refractivity contribution in [2.75, 3.05) is 26.2 Å². The van der Waals surface area contributed by atoms with Crippen LogP contribution in [0, 0.1) is 6.92 Å². The number of furan rings is 1. The molecule has 7 nitrogen and oxygen atoms in total. The molecule has 1 aliphatic heterocycles. The fraction of sp³-hybridized carbons (Fsp3) is 0.200. The summed E-state index contributed by atoms with van der Waals surface area (Å²) in [6.07, 6.45) is 1.57. The molecule has 0 spiro atoms. The van der Waals surface area contributed by atoms with Crippen molar-refractivity contribution in [3.63, 3.8) is 0 Å². The molecule has 0 aliphatic carbocycles. The van der Waals surface area contributed by atoms with Gasteiger partial charge in [0.15, 0.2) is 5.76 Å². The molecule has 0 radical (unpaired) electrons. The Labute approximate surface area is 192 Å². The fourth-order valence-corrected chi connectivity index (χ4v) is 5.49. The minimum atomic E-state index is -3.59. The molecule has 4 aromatic rings. The summed E-state index contributed by atoms with van der Waals surface area (Å²) in [6, 6.07) is 19.7. The maximum Gasteiger partial charge on any atom is 0.254 e. The zero-order valence-corrected chi connectivity index (χ0v) is 19.0. The van der Waals surface area contributed by atoms with E-state index >= 15 is 0 Å². The van der Waals surface area contributed by atoms with Gasteiger partial charge in [0, 0.05) is 31.6 Å². The van der Waals surface area contributed by atoms with Crippen molar-refractivity contribution in [3.8, 4) is 11.5 Å². The van der Waals surface area contributed by atoms with Gasteiger partial charge in [0.2, 0.25) is 10.0 Å². The van der Waals surface area contributed by atoms with Crippen molar-refractivity contribution in [2.24, 2.45) is 0 Å². The second-order valence-electron chi connectivity index (χ2n) is 8.06. The number of benzene rings is 2. The second-order valence-corrected chi connectivity index (χ2v) is 10.00. The van der Waals surface area contributed by atoms with Crippen LogP contribution in [0.3, 0.4) is 0 Å². The van der Waals surface area contributed by atoms with Crippen LogP contribution < -0.4 is 0 Å². The first kappa shape index (κ1) is 21.4. The number of hydrogen-bond donors (Lipinski definition) is 0. The highest BCUT2D eigenvalue weighted by molar-refractivity contribution is 7.89. The number of hydrogen-bond acceptors (Lipinski definition) is 5. The summed E-state index contributed by atoms with van der Waals surface area (Å²) in [5.74, 6) is 0.442. The third kappa shape index (κ3) is 4.03. The van der Waals surface area contributed by atoms with E-state index in [4.69, 9.17) is 4.42 Å². The zero-order chi connectivity index (χ0) is 23.0. The summed E-state index contributed by atoms with van der Waals surface area (Å²) in [5, 5.41) is 0.757. The van der Waals surface area contributed by atoms with Crippen LogP contribution in [0.15, 0.2) is 82.3 Å². The topological polar surface area (TPSA) is 83.7 Å². The van der Waals surface area contributed by atoms with Crippen molar-refractivity contribution >= 4 is 26.8 Å². The molecule has 1 saturated heterocycles. The van der Waals surface area contributed by atoms with Crippen LogP contribution in [0.4, 0.5) is 0 Å². The van der Waals surface area contributed by atoms with Crippen LogP contribution >= 0.6 is 0 Å². The minimum absolute atomic E-state index is 0.145. The molecule has 0 saturated carbocycles. The first-order chi connectivity index (χ1) is 15.9. The largest absolute Gasteiger partial charge is 0.463 e. The SMILES string of the molecule is Cc1ccc(S(=O)(=O)N2CCN(C(=O)c3cc(-c4ccco4)nc4ccccc34)CC2)cc1. The number of nitrogens with zero attached hydrogens (tertiary/aromatic N) is 3. The fourth-order valence-electron chi connectivity index (χ4n) is 4.06. The van der Waals surface area contributed by atoms with Crippen LogP contribution in [0.25, 0.3) is 22.4 Å². The average molecular weight is 462 g/mol. The Kier molecular flexibility index (Phi) is 5.47. The third-order valence-corrected chi connectivity index (χ3v) is 7.82. The lowest BCUT2D eigenvalue weighted by atomic mass is 10.1. The molecule has 2 aromatic heterocycles. The number of piperazine rings is 1. The molecule has 0 unspecified atom stereocenters. The number of carbonyl (C=O) groups excluding carboxylic acids is 1. The molecule has 168 valence electrons. The molecular formula is C25H23N3O4S. The molecule has 1 fully saturated rings. The van der Waals surface area contributed by atoms with Gasteiger partial charge in [-0.05, 0) is 43.3 Å². The zero-order valence-electron chi connectivity index (χ0n) is 18.1. The van der Waals surface area contributed by atoms with Crippen LogP contribution in [0.2, 0.25) is 0 Å². The van der Waals surface area contributed by atoms with Gasteiger partial charge in [-0.3, -0.25) is 4.79 Å². The van der Waals surface area contributed by atoms with Gasteiger partial charge in [0.25, 0.3) is 5.91 Å². The molecular weight excluding hydrogens is 438 g/mol. The Morgan fingerprint density at radius 2 is 1.67 bits per heavy atom. The highest BCUT2D eigenvalue weighted by atomic mass is 32.2. The number of pyridine rings is 1. The Morgan fingerprint density at radius 1 is 0.939 bits per heavy atom. The van der Waals surface area contributed by atoms with Gasteiger partial charge >= 0.3 is 0 Å². The smallest absolute Gasteiger partial charge is 0.254 e. The summed E-state index contributed by atoms with van der Waals surface area (Å²) in [6.45, 7) is 3.04. The first-order valence-corrected chi connectivity index (χ1v) is 12.2. The average Bonchev–Trinajstić information content (AvgIpc) is 3.38. The maximum absolute atomic E-state index is 13.5. The highest BCUT2D eigenvalue weighted by Crippen LogP contribution is 2.27. The lowest BCUT2D eigenvalue weighted by Crippen LogP contribution is -2.50. The lowest BCUT2D eigenvalue weighted by Gasteiger charge is -2.34. The van der Waals surface area contributed by atoms with E-state index in [0.29, 0.717) is 35.6 Å². The van der Waals surface area contributed by atoms with Crippen molar-refractivity contribution in [3.05, 3.63) is 84.1 Å². The van der Waals surface area contributed by atoms with Crippen molar-refractivity contribution in [2.45, 2.75) is 11.8 Å². The third-order valence-electron chi connectivity index (χ3n) is 5.90. The summed E-state index contributed by atoms with van der Waals surface area (Å²) in [5.41, 5.74) is 2.82. The monoisotopic (exact) mass is 461 g/mol. The van der Waals surface area contributed by atoms with Gasteiger partial charge in [0.05, 0.1) is 22.2 Å². The molecule has 1 amide bonds. The van der Waals surface area contributed by atoms with E-state index in [1.54, 1.807) is 53.6 Å². The minimum Gasteiger partial charge on any atom is -0.463 e. The molecule has 5 rings (SSSR count). The van der Waals surface area contributed by atoms with E-state index in [2.05, 4.69) is 4.98 Å². The molecule has 0 bridgehead atoms. The number of aryl methyl sites for hydroxylation is 1. The number of para-hydroxylation sites is 1. The number of amides is 1. The van der Waals surface area contributed by atoms with Gasteiger partial charge in [-0.25, -0.2) is 13.4 Å². The predicted molar refractivity (Wildman–Crippen MR) is 125 cm³/mol. The molecule has 33 heavy (non-hydrogen) atoms. The van der Waals surface area contributed by atoms with Crippen LogP contribution in [-0.2, 0) is 10.0 Å². The summed E-state index contributed by atoms with van der Waals surface area (Å²) >= 11 is 0. The van der Waals surface area contributed by atoms with E-state index in [9.17, 15) is 13.2 Å². The molecule has 0 atom stereocenters. The van der Waals surface area contributed by atoms with Crippen LogP contribution in [0.1, 0.15) is 15.9 Å². The Balaban J connectivity index is 1.40. The normalized spacial score (nSPS) is 15.1. The Bertz CT molecular complexity index is 1410. The quantitative estimate of drug-likeness (QED) is 0.460. The Morgan fingerprint density at radius 3 is 2.36 bits per heavy atom. The van der Waals surface area contributed by atoms with E-state index in [0.717, 1.165) is 10.9 Å². The van der Waals surface area contributed by atoms with Crippen LogP contribution in [0.5, 0.6) is 0 Å². The lowest BCUT2D eigenvalue weighted by molar-refractivity contribution is 0.0700. The number of aromatic nitrogens is 1. The van der Waals surface area contributed by atoms with E-state index in [1.165, 1.54) is 4.31 Å². The summed E-state index contributed by atoms with van der Waals surface area (Å²) in [4.78, 5) is 20.1. The van der Waals surface area contributed by atoms with Crippen molar-refractivity contribution in [1.82, 2.24) is 14.2 Å². The van der Waals surface area contributed by atoms with Crippen LogP contribution in [-0.4, -0.2) is 54.7 Å². The van der Waals surface area contributed by atoms with Crippen molar-refractivity contribution in [1.29, 1.82) is 0 Å². The highest BCUT2D eigenvalue weighted by Gasteiger charge is 2.31. The predicted octanol–water partition coefficient (Wildman–Crippen LogP) is 3.95. The summed E-state index contributed by atoms with van der Waals surface area (Å²) < 4.78 is 32.9. The van der Waals surface area contributed by atoms with Gasteiger partial charge in [-0.15, -0.1) is 0 Å². The van der Waals surface area contributed by atoms with Gasteiger partial charge in [-0.1, -0.05) is 35.9 Å². The number of rotatable bonds is 4. The maximum atomic E-state index is 13.5. The van der Waals surface area contributed by atoms with Gasteiger partial charge in [-0.2, -0.15) is 4.31 Å². The number of carbonyl (C=O) groups is 1. The van der Waals surface area contributed by atoms with Gasteiger partial charge < -0.3 is 9.32 Å². The van der Waals surface area contributed by atoms with Crippen molar-refractivity contribution < 1.29 is 17.6 Å². The molecule has 8 heteroatoms. The second kappa shape index (κ2) is 8.46. The molecule has 0 N–H and O–H groups in total. The number of sulfonamides is 1. The molecule has 3 heterocycles. The molecule has 2 aromatic carbocycles. The number of fused-ring (bicyclic) bond motifs is 1. The Hall–Kier alpha value is -3.49.